The van der Waals surface area contributed by atoms with Gasteiger partial charge in [-0.05, 0) is 31.2 Å². The van der Waals surface area contributed by atoms with Crippen molar-refractivity contribution in [2.45, 2.75) is 19.1 Å². The summed E-state index contributed by atoms with van der Waals surface area (Å²) in [5.74, 6) is 0.0838. The van der Waals surface area contributed by atoms with Crippen LogP contribution in [-0.2, 0) is 6.54 Å². The lowest BCUT2D eigenvalue weighted by molar-refractivity contribution is 0.0717. The molecular formula is C14H17Cl2N3O2. The predicted molar refractivity (Wildman–Crippen MR) is 85.2 cm³/mol. The van der Waals surface area contributed by atoms with Gasteiger partial charge in [0.1, 0.15) is 0 Å². The number of aliphatic hydroxyl groups excluding tert-OH is 1. The zero-order valence-corrected chi connectivity index (χ0v) is 12.9. The molecule has 3 rings (SSSR count). The average Bonchev–Trinajstić information content (AvgIpc) is 2.44. The molecule has 5 nitrogen and oxygen atoms in total. The molecule has 2 heterocycles. The highest BCUT2D eigenvalue weighted by molar-refractivity contribution is 6.31. The Hall–Kier alpha value is -1.14. The summed E-state index contributed by atoms with van der Waals surface area (Å²) in [7, 11) is 0. The fourth-order valence-electron chi connectivity index (χ4n) is 2.62. The van der Waals surface area contributed by atoms with E-state index in [2.05, 4.69) is 10.3 Å². The second-order valence-corrected chi connectivity index (χ2v) is 5.62. The van der Waals surface area contributed by atoms with Gasteiger partial charge in [0.2, 0.25) is 0 Å². The number of aromatic nitrogens is 2. The third-order valence-corrected chi connectivity index (χ3v) is 4.04. The van der Waals surface area contributed by atoms with E-state index in [0.29, 0.717) is 29.0 Å². The van der Waals surface area contributed by atoms with Crippen LogP contribution in [0.15, 0.2) is 29.3 Å². The third kappa shape index (κ3) is 3.37. The minimum absolute atomic E-state index is 0. The van der Waals surface area contributed by atoms with Crippen LogP contribution in [0.4, 0.5) is 0 Å². The Morgan fingerprint density at radius 2 is 2.29 bits per heavy atom. The molecule has 1 aromatic carbocycles. The number of hydrogen-bond donors (Lipinski definition) is 2. The number of benzene rings is 1. The summed E-state index contributed by atoms with van der Waals surface area (Å²) in [5.41, 5.74) is 0.516. The van der Waals surface area contributed by atoms with Crippen LogP contribution in [0.2, 0.25) is 5.02 Å². The number of rotatable bonds is 2. The van der Waals surface area contributed by atoms with Crippen LogP contribution >= 0.6 is 24.0 Å². The molecule has 1 aliphatic rings. The molecule has 114 valence electrons. The van der Waals surface area contributed by atoms with E-state index in [-0.39, 0.29) is 23.9 Å². The molecule has 0 aliphatic carbocycles. The molecule has 7 heteroatoms. The zero-order valence-electron chi connectivity index (χ0n) is 11.3. The summed E-state index contributed by atoms with van der Waals surface area (Å²) in [4.78, 5) is 16.7. The first-order chi connectivity index (χ1) is 9.65. The topological polar surface area (TPSA) is 67.2 Å². The quantitative estimate of drug-likeness (QED) is 0.874. The molecule has 2 N–H and O–H groups in total. The minimum atomic E-state index is -0.420. The molecule has 0 unspecified atom stereocenters. The van der Waals surface area contributed by atoms with Crippen LogP contribution in [0.25, 0.3) is 10.9 Å². The number of fused-ring (bicyclic) bond motifs is 1. The van der Waals surface area contributed by atoms with E-state index in [0.717, 1.165) is 13.0 Å². The Morgan fingerprint density at radius 3 is 3.05 bits per heavy atom. The standard InChI is InChI=1S/C14H16ClN3O2.ClH/c15-10-1-2-11-12(5-10)17-8-18(14(11)20)7-9-3-4-16-6-13(9)19;/h1-2,5,8-9,13,16,19H,3-4,6-7H2;1H/t9-,13+;/m0./s1. The van der Waals surface area contributed by atoms with Gasteiger partial charge in [-0.2, -0.15) is 0 Å². The number of nitrogens with zero attached hydrogens (tertiary/aromatic N) is 2. The fraction of sp³-hybridized carbons (Fsp3) is 0.429. The van der Waals surface area contributed by atoms with Crippen LogP contribution in [0, 0.1) is 5.92 Å². The monoisotopic (exact) mass is 329 g/mol. The van der Waals surface area contributed by atoms with Crippen LogP contribution in [-0.4, -0.2) is 33.9 Å². The Morgan fingerprint density at radius 1 is 1.48 bits per heavy atom. The van der Waals surface area contributed by atoms with E-state index in [4.69, 9.17) is 11.6 Å². The van der Waals surface area contributed by atoms with E-state index in [1.165, 1.54) is 6.33 Å². The fourth-order valence-corrected chi connectivity index (χ4v) is 2.79. The second kappa shape index (κ2) is 6.75. The van der Waals surface area contributed by atoms with Gasteiger partial charge in [0.25, 0.3) is 5.56 Å². The van der Waals surface area contributed by atoms with Crippen LogP contribution < -0.4 is 10.9 Å². The van der Waals surface area contributed by atoms with Crippen LogP contribution in [0.3, 0.4) is 0 Å². The first-order valence-corrected chi connectivity index (χ1v) is 7.06. The number of piperidine rings is 1. The van der Waals surface area contributed by atoms with Crippen molar-refractivity contribution in [2.75, 3.05) is 13.1 Å². The van der Waals surface area contributed by atoms with Crippen molar-refractivity contribution in [3.8, 4) is 0 Å². The summed E-state index contributed by atoms with van der Waals surface area (Å²) >= 11 is 5.90. The van der Waals surface area contributed by atoms with Gasteiger partial charge in [-0.1, -0.05) is 11.6 Å². The lowest BCUT2D eigenvalue weighted by Crippen LogP contribution is -2.43. The lowest BCUT2D eigenvalue weighted by atomic mass is 9.95. The van der Waals surface area contributed by atoms with E-state index in [9.17, 15) is 9.90 Å². The van der Waals surface area contributed by atoms with Gasteiger partial charge in [-0.3, -0.25) is 9.36 Å². The maximum absolute atomic E-state index is 12.4. The normalized spacial score (nSPS) is 22.0. The van der Waals surface area contributed by atoms with Gasteiger partial charge in [-0.15, -0.1) is 12.4 Å². The summed E-state index contributed by atoms with van der Waals surface area (Å²) in [6.45, 7) is 1.94. The summed E-state index contributed by atoms with van der Waals surface area (Å²) in [6.07, 6.45) is 1.97. The van der Waals surface area contributed by atoms with Gasteiger partial charge in [0, 0.05) is 24.0 Å². The first-order valence-electron chi connectivity index (χ1n) is 6.68. The van der Waals surface area contributed by atoms with Crippen molar-refractivity contribution in [3.63, 3.8) is 0 Å². The van der Waals surface area contributed by atoms with Crippen LogP contribution in [0.5, 0.6) is 0 Å². The highest BCUT2D eigenvalue weighted by Gasteiger charge is 2.23. The molecule has 0 saturated carbocycles. The van der Waals surface area contributed by atoms with Crippen molar-refractivity contribution >= 4 is 34.9 Å². The predicted octanol–water partition coefficient (Wildman–Crippen LogP) is 1.44. The number of aliphatic hydroxyl groups is 1. The highest BCUT2D eigenvalue weighted by atomic mass is 35.5. The number of hydrogen-bond acceptors (Lipinski definition) is 4. The van der Waals surface area contributed by atoms with E-state index in [1.54, 1.807) is 22.8 Å². The van der Waals surface area contributed by atoms with E-state index < -0.39 is 6.10 Å². The molecule has 2 atom stereocenters. The van der Waals surface area contributed by atoms with Crippen molar-refractivity contribution in [1.82, 2.24) is 14.9 Å². The van der Waals surface area contributed by atoms with Crippen molar-refractivity contribution in [2.24, 2.45) is 5.92 Å². The zero-order chi connectivity index (χ0) is 14.1. The Bertz CT molecular complexity index is 689. The van der Waals surface area contributed by atoms with Crippen LogP contribution in [0.1, 0.15) is 6.42 Å². The van der Waals surface area contributed by atoms with Gasteiger partial charge in [-0.25, -0.2) is 4.98 Å². The molecular weight excluding hydrogens is 313 g/mol. The van der Waals surface area contributed by atoms with Gasteiger partial charge in [0.15, 0.2) is 0 Å². The second-order valence-electron chi connectivity index (χ2n) is 5.18. The van der Waals surface area contributed by atoms with Gasteiger partial charge < -0.3 is 10.4 Å². The average molecular weight is 330 g/mol. The molecule has 0 bridgehead atoms. The molecule has 21 heavy (non-hydrogen) atoms. The summed E-state index contributed by atoms with van der Waals surface area (Å²) in [5, 5.41) is 14.2. The molecule has 1 aromatic heterocycles. The Labute approximate surface area is 133 Å². The Balaban J connectivity index is 0.00000161. The molecule has 0 amide bonds. The smallest absolute Gasteiger partial charge is 0.261 e. The number of halogens is 2. The van der Waals surface area contributed by atoms with Crippen molar-refractivity contribution in [3.05, 3.63) is 39.9 Å². The summed E-state index contributed by atoms with van der Waals surface area (Å²) < 4.78 is 1.58. The van der Waals surface area contributed by atoms with E-state index in [1.807, 2.05) is 0 Å². The summed E-state index contributed by atoms with van der Waals surface area (Å²) in [6, 6.07) is 5.07. The van der Waals surface area contributed by atoms with Gasteiger partial charge >= 0.3 is 0 Å². The molecule has 0 spiro atoms. The molecule has 1 fully saturated rings. The SMILES string of the molecule is Cl.O=c1c2ccc(Cl)cc2ncn1C[C@@H]1CCNC[C@H]1O. The molecule has 1 aliphatic heterocycles. The highest BCUT2D eigenvalue weighted by Crippen LogP contribution is 2.16. The van der Waals surface area contributed by atoms with Gasteiger partial charge in [0.05, 0.1) is 23.3 Å². The minimum Gasteiger partial charge on any atom is -0.391 e. The molecule has 2 aromatic rings. The Kier molecular flexibility index (Phi) is 5.22. The maximum Gasteiger partial charge on any atom is 0.261 e. The maximum atomic E-state index is 12.4. The number of nitrogens with one attached hydrogen (secondary N) is 1. The van der Waals surface area contributed by atoms with E-state index >= 15 is 0 Å². The van der Waals surface area contributed by atoms with Crippen molar-refractivity contribution in [1.29, 1.82) is 0 Å². The lowest BCUT2D eigenvalue weighted by Gasteiger charge is -2.28. The number of β-amino-alcohol motifs (C(OH)–C–C–N with tert-alkyl or cyclic N) is 1. The molecule has 0 radical (unpaired) electrons. The largest absolute Gasteiger partial charge is 0.391 e. The van der Waals surface area contributed by atoms with Crippen molar-refractivity contribution < 1.29 is 5.11 Å². The first kappa shape index (κ1) is 16.2. The molecule has 1 saturated heterocycles. The third-order valence-electron chi connectivity index (χ3n) is 3.81.